The Kier molecular flexibility index (Phi) is 1.93. The second-order valence-electron chi connectivity index (χ2n) is 1.57. The first-order chi connectivity index (χ1) is 5.08. The van der Waals surface area contributed by atoms with Gasteiger partial charge in [-0.05, 0) is 0 Å². The van der Waals surface area contributed by atoms with E-state index in [-0.39, 0.29) is 0 Å². The number of rotatable bonds is 1. The fourth-order valence-electron chi connectivity index (χ4n) is 0.438. The summed E-state index contributed by atoms with van der Waals surface area (Å²) in [6, 6.07) is 0. The number of halogens is 3. The minimum absolute atomic E-state index is 0.448. The molecule has 3 nitrogen and oxygen atoms in total. The van der Waals surface area contributed by atoms with Gasteiger partial charge < -0.3 is 4.74 Å². The van der Waals surface area contributed by atoms with Gasteiger partial charge in [0.2, 0.25) is 0 Å². The second-order valence-corrected chi connectivity index (χ2v) is 1.57. The first kappa shape index (κ1) is 7.77. The number of hydrogen-bond acceptors (Lipinski definition) is 3. The van der Waals surface area contributed by atoms with Crippen LogP contribution in [-0.4, -0.2) is 16.3 Å². The van der Waals surface area contributed by atoms with Crippen LogP contribution in [0.15, 0.2) is 12.4 Å². The maximum atomic E-state index is 11.5. The molecule has 0 fully saturated rings. The molecule has 0 saturated carbocycles. The Labute approximate surface area is 59.8 Å². The van der Waals surface area contributed by atoms with E-state index in [1.54, 1.807) is 0 Å². The van der Waals surface area contributed by atoms with Crippen molar-refractivity contribution in [1.82, 2.24) is 9.97 Å². The van der Waals surface area contributed by atoms with Crippen LogP contribution >= 0.6 is 0 Å². The predicted molar refractivity (Wildman–Crippen MR) is 27.6 cm³/mol. The van der Waals surface area contributed by atoms with Crippen molar-refractivity contribution in [2.75, 3.05) is 0 Å². The average Bonchev–Trinajstić information content (AvgIpc) is 1.85. The van der Waals surface area contributed by atoms with Crippen molar-refractivity contribution < 1.29 is 17.9 Å². The number of ether oxygens (including phenoxy) is 1. The van der Waals surface area contributed by atoms with Gasteiger partial charge in [-0.25, -0.2) is 9.97 Å². The normalized spacial score (nSPS) is 11.2. The maximum absolute atomic E-state index is 11.5. The SMILES string of the molecule is FC(F)(F)Oc1cn[c]nc1. The zero-order valence-corrected chi connectivity index (χ0v) is 5.09. The Bertz CT molecular complexity index is 223. The molecule has 6 heteroatoms. The summed E-state index contributed by atoms with van der Waals surface area (Å²) < 4.78 is 37.8. The van der Waals surface area contributed by atoms with E-state index < -0.39 is 12.1 Å². The first-order valence-corrected chi connectivity index (χ1v) is 2.52. The number of nitrogens with zero attached hydrogens (tertiary/aromatic N) is 2. The quantitative estimate of drug-likeness (QED) is 0.623. The molecule has 1 heterocycles. The lowest BCUT2D eigenvalue weighted by molar-refractivity contribution is -0.274. The van der Waals surface area contributed by atoms with E-state index in [9.17, 15) is 13.2 Å². The van der Waals surface area contributed by atoms with E-state index in [0.29, 0.717) is 0 Å². The highest BCUT2D eigenvalue weighted by Crippen LogP contribution is 2.19. The average molecular weight is 163 g/mol. The lowest BCUT2D eigenvalue weighted by Gasteiger charge is -2.06. The van der Waals surface area contributed by atoms with Crippen LogP contribution in [0.2, 0.25) is 0 Å². The molecule has 0 atom stereocenters. The number of alkyl halides is 3. The van der Waals surface area contributed by atoms with Crippen molar-refractivity contribution in [3.05, 3.63) is 18.7 Å². The fourth-order valence-corrected chi connectivity index (χ4v) is 0.438. The van der Waals surface area contributed by atoms with Gasteiger partial charge in [0, 0.05) is 0 Å². The van der Waals surface area contributed by atoms with E-state index in [0.717, 1.165) is 12.4 Å². The van der Waals surface area contributed by atoms with Gasteiger partial charge in [0.25, 0.3) is 0 Å². The lowest BCUT2D eigenvalue weighted by Crippen LogP contribution is -2.17. The van der Waals surface area contributed by atoms with Crippen LogP contribution in [0.3, 0.4) is 0 Å². The van der Waals surface area contributed by atoms with Gasteiger partial charge >= 0.3 is 6.36 Å². The Hall–Kier alpha value is -1.33. The molecule has 59 valence electrons. The van der Waals surface area contributed by atoms with E-state index in [4.69, 9.17) is 0 Å². The van der Waals surface area contributed by atoms with Crippen molar-refractivity contribution in [2.24, 2.45) is 0 Å². The summed E-state index contributed by atoms with van der Waals surface area (Å²) >= 11 is 0. The summed E-state index contributed by atoms with van der Waals surface area (Å²) in [4.78, 5) is 6.42. The third kappa shape index (κ3) is 2.83. The largest absolute Gasteiger partial charge is 0.573 e. The summed E-state index contributed by atoms with van der Waals surface area (Å²) in [6.07, 6.45) is -0.868. The maximum Gasteiger partial charge on any atom is 0.573 e. The second kappa shape index (κ2) is 2.73. The number of aromatic nitrogens is 2. The zero-order valence-electron chi connectivity index (χ0n) is 5.09. The first-order valence-electron chi connectivity index (χ1n) is 2.52. The van der Waals surface area contributed by atoms with Crippen LogP contribution in [0.25, 0.3) is 0 Å². The van der Waals surface area contributed by atoms with Gasteiger partial charge in [-0.15, -0.1) is 13.2 Å². The lowest BCUT2D eigenvalue weighted by atomic mass is 10.6. The van der Waals surface area contributed by atoms with Crippen LogP contribution < -0.4 is 4.74 Å². The minimum Gasteiger partial charge on any atom is -0.402 e. The van der Waals surface area contributed by atoms with Crippen LogP contribution in [0.5, 0.6) is 5.75 Å². The van der Waals surface area contributed by atoms with Crippen molar-refractivity contribution >= 4 is 0 Å². The highest BCUT2D eigenvalue weighted by molar-refractivity contribution is 5.09. The van der Waals surface area contributed by atoms with Crippen LogP contribution in [0.4, 0.5) is 13.2 Å². The van der Waals surface area contributed by atoms with Gasteiger partial charge in [0.05, 0.1) is 12.4 Å². The van der Waals surface area contributed by atoms with E-state index in [2.05, 4.69) is 21.0 Å². The molecule has 0 aromatic carbocycles. The van der Waals surface area contributed by atoms with Crippen LogP contribution in [-0.2, 0) is 0 Å². The van der Waals surface area contributed by atoms with Crippen molar-refractivity contribution in [3.63, 3.8) is 0 Å². The molecule has 0 aliphatic rings. The molecule has 0 unspecified atom stereocenters. The molecule has 0 aliphatic heterocycles. The molecule has 1 rings (SSSR count). The van der Waals surface area contributed by atoms with Crippen LogP contribution in [0.1, 0.15) is 0 Å². The van der Waals surface area contributed by atoms with Crippen LogP contribution in [0, 0.1) is 6.33 Å². The topological polar surface area (TPSA) is 35.0 Å². The van der Waals surface area contributed by atoms with Gasteiger partial charge in [0.1, 0.15) is 0 Å². The Morgan fingerprint density at radius 1 is 1.27 bits per heavy atom. The summed E-state index contributed by atoms with van der Waals surface area (Å²) in [6.45, 7) is 0. The van der Waals surface area contributed by atoms with Gasteiger partial charge in [-0.2, -0.15) is 0 Å². The minimum atomic E-state index is -4.69. The van der Waals surface area contributed by atoms with E-state index in [1.165, 1.54) is 0 Å². The Morgan fingerprint density at radius 2 is 1.82 bits per heavy atom. The molecule has 11 heavy (non-hydrogen) atoms. The Morgan fingerprint density at radius 3 is 2.27 bits per heavy atom. The third-order valence-electron chi connectivity index (χ3n) is 0.733. The molecule has 0 spiro atoms. The molecule has 0 saturated heterocycles. The smallest absolute Gasteiger partial charge is 0.402 e. The molecule has 0 amide bonds. The van der Waals surface area contributed by atoms with Gasteiger partial charge in [0.15, 0.2) is 12.1 Å². The number of hydrogen-bond donors (Lipinski definition) is 0. The highest BCUT2D eigenvalue weighted by Gasteiger charge is 2.31. The van der Waals surface area contributed by atoms with Gasteiger partial charge in [-0.3, -0.25) is 0 Å². The summed E-state index contributed by atoms with van der Waals surface area (Å²) in [7, 11) is 0. The van der Waals surface area contributed by atoms with E-state index >= 15 is 0 Å². The summed E-state index contributed by atoms with van der Waals surface area (Å²) in [5, 5.41) is 0. The van der Waals surface area contributed by atoms with Crippen molar-refractivity contribution in [1.29, 1.82) is 0 Å². The molecule has 1 aromatic heterocycles. The molecule has 0 N–H and O–H groups in total. The molecular formula is C5H2F3N2O. The molecule has 1 aromatic rings. The van der Waals surface area contributed by atoms with Crippen molar-refractivity contribution in [3.8, 4) is 5.75 Å². The van der Waals surface area contributed by atoms with Gasteiger partial charge in [-0.1, -0.05) is 0 Å². The summed E-state index contributed by atoms with van der Waals surface area (Å²) in [5.41, 5.74) is 0. The standard InChI is InChI=1S/C5H2F3N2O/c6-5(7,8)11-4-1-9-3-10-2-4/h1-2H. The molecular weight excluding hydrogens is 161 g/mol. The monoisotopic (exact) mass is 163 g/mol. The van der Waals surface area contributed by atoms with Crippen molar-refractivity contribution in [2.45, 2.75) is 6.36 Å². The predicted octanol–water partition coefficient (Wildman–Crippen LogP) is 1.18. The zero-order chi connectivity index (χ0) is 8.32. The fraction of sp³-hybridized carbons (Fsp3) is 0.200. The Balaban J connectivity index is 2.66. The highest BCUT2D eigenvalue weighted by atomic mass is 19.4. The summed E-state index contributed by atoms with van der Waals surface area (Å²) in [5.74, 6) is -0.448. The molecule has 0 bridgehead atoms. The third-order valence-corrected chi connectivity index (χ3v) is 0.733. The van der Waals surface area contributed by atoms with E-state index in [1.807, 2.05) is 0 Å². The molecule has 1 radical (unpaired) electrons. The molecule has 0 aliphatic carbocycles.